The van der Waals surface area contributed by atoms with Gasteiger partial charge in [0.1, 0.15) is 5.82 Å². The normalized spacial score (nSPS) is 15.8. The van der Waals surface area contributed by atoms with Crippen molar-refractivity contribution in [3.8, 4) is 11.1 Å². The van der Waals surface area contributed by atoms with Crippen molar-refractivity contribution in [3.05, 3.63) is 103 Å². The zero-order chi connectivity index (χ0) is 23.8. The minimum Gasteiger partial charge on any atom is -0.395 e. The Kier molecular flexibility index (Phi) is 4.08. The number of nitrogen functional groups attached to an aromatic ring is 1. The highest BCUT2D eigenvalue weighted by Gasteiger charge is 2.23. The number of aromatic nitrogens is 1. The molecule has 0 saturated heterocycles. The summed E-state index contributed by atoms with van der Waals surface area (Å²) in [7, 11) is 0. The van der Waals surface area contributed by atoms with Gasteiger partial charge in [-0.1, -0.05) is 85.0 Å². The number of nitrogens with two attached hydrogens (primary N) is 1. The van der Waals surface area contributed by atoms with E-state index in [1.807, 2.05) is 11.3 Å². The van der Waals surface area contributed by atoms with E-state index in [1.54, 1.807) is 0 Å². The van der Waals surface area contributed by atoms with E-state index in [2.05, 4.69) is 113 Å². The molecule has 1 unspecified atom stereocenters. The molecule has 0 aliphatic heterocycles. The minimum absolute atomic E-state index is 0.229. The molecule has 1 aliphatic carbocycles. The summed E-state index contributed by atoms with van der Waals surface area (Å²) in [6.45, 7) is 0. The summed E-state index contributed by atoms with van der Waals surface area (Å²) in [5.41, 5.74) is 12.5. The Morgan fingerprint density at radius 3 is 2.53 bits per heavy atom. The van der Waals surface area contributed by atoms with E-state index in [4.69, 9.17) is 5.73 Å². The molecule has 172 valence electrons. The monoisotopic (exact) mass is 481 g/mol. The highest BCUT2D eigenvalue weighted by atomic mass is 32.1. The van der Waals surface area contributed by atoms with Crippen LogP contribution in [0.4, 0.5) is 11.5 Å². The Labute approximate surface area is 212 Å². The molecule has 0 amide bonds. The van der Waals surface area contributed by atoms with Crippen LogP contribution >= 0.6 is 11.3 Å². The van der Waals surface area contributed by atoms with Crippen molar-refractivity contribution in [1.29, 1.82) is 0 Å². The van der Waals surface area contributed by atoms with E-state index in [9.17, 15) is 0 Å². The third-order valence-corrected chi connectivity index (χ3v) is 8.68. The zero-order valence-electron chi connectivity index (χ0n) is 19.5. The number of allylic oxidation sites excluding steroid dienone is 2. The van der Waals surface area contributed by atoms with Gasteiger partial charge in [-0.05, 0) is 35.7 Å². The van der Waals surface area contributed by atoms with Crippen molar-refractivity contribution >= 4 is 70.2 Å². The second-order valence-corrected chi connectivity index (χ2v) is 10.7. The van der Waals surface area contributed by atoms with Crippen molar-refractivity contribution < 1.29 is 0 Å². The Morgan fingerprint density at radius 2 is 1.67 bits per heavy atom. The lowest BCUT2D eigenvalue weighted by Gasteiger charge is -2.17. The van der Waals surface area contributed by atoms with Crippen LogP contribution in [0.5, 0.6) is 0 Å². The summed E-state index contributed by atoms with van der Waals surface area (Å²) in [6.07, 6.45) is 9.57. The Bertz CT molecular complexity index is 2010. The fourth-order valence-electron chi connectivity index (χ4n) is 5.94. The summed E-state index contributed by atoms with van der Waals surface area (Å²) in [6, 6.07) is 28.8. The molecular weight excluding hydrogens is 458 g/mol. The van der Waals surface area contributed by atoms with Crippen molar-refractivity contribution in [1.82, 2.24) is 4.40 Å². The highest BCUT2D eigenvalue weighted by Crippen LogP contribution is 2.47. The third kappa shape index (κ3) is 2.68. The van der Waals surface area contributed by atoms with Crippen LogP contribution in [0.3, 0.4) is 0 Å². The number of benzene rings is 4. The van der Waals surface area contributed by atoms with Gasteiger partial charge < -0.3 is 11.1 Å². The van der Waals surface area contributed by atoms with Gasteiger partial charge in [-0.25, -0.2) is 0 Å². The van der Waals surface area contributed by atoms with Crippen LogP contribution in [0.1, 0.15) is 6.42 Å². The van der Waals surface area contributed by atoms with Crippen LogP contribution < -0.4 is 11.1 Å². The maximum atomic E-state index is 6.75. The standard InChI is InChI=1S/C32H23N3S/c33-30-24-13-7-12-23-28-25(35(31(23)24)32(30)34-21-10-5-2-6-11-21)16-17-26-29(28)22-15-14-20(18-27(22)36-26)19-8-3-1-4-9-19/h1-10,12-18,21,34H,11,33H2. The third-order valence-electron chi connectivity index (χ3n) is 7.56. The fraction of sp³-hybridized carbons (Fsp3) is 0.0625. The maximum absolute atomic E-state index is 6.75. The number of hydrogen-bond donors (Lipinski definition) is 2. The van der Waals surface area contributed by atoms with Crippen LogP contribution in [0.25, 0.3) is 58.5 Å². The van der Waals surface area contributed by atoms with Crippen LogP contribution in [0.2, 0.25) is 0 Å². The number of anilines is 2. The van der Waals surface area contributed by atoms with Crippen molar-refractivity contribution in [2.24, 2.45) is 0 Å². The predicted octanol–water partition coefficient (Wildman–Crippen LogP) is 8.60. The second kappa shape index (κ2) is 7.36. The fourth-order valence-corrected chi connectivity index (χ4v) is 7.09. The van der Waals surface area contributed by atoms with Crippen LogP contribution in [0, 0.1) is 0 Å². The topological polar surface area (TPSA) is 42.5 Å². The zero-order valence-corrected chi connectivity index (χ0v) is 20.3. The lowest BCUT2D eigenvalue weighted by atomic mass is 10.0. The van der Waals surface area contributed by atoms with Crippen LogP contribution in [-0.2, 0) is 0 Å². The summed E-state index contributed by atoms with van der Waals surface area (Å²) >= 11 is 1.88. The van der Waals surface area contributed by atoms with Gasteiger partial charge in [-0.15, -0.1) is 11.3 Å². The first kappa shape index (κ1) is 20.0. The van der Waals surface area contributed by atoms with Gasteiger partial charge >= 0.3 is 0 Å². The van der Waals surface area contributed by atoms with Gasteiger partial charge in [0, 0.05) is 42.4 Å². The van der Waals surface area contributed by atoms with Gasteiger partial charge in [0.2, 0.25) is 0 Å². The molecule has 3 nitrogen and oxygen atoms in total. The van der Waals surface area contributed by atoms with Gasteiger partial charge in [-0.3, -0.25) is 4.40 Å². The lowest BCUT2D eigenvalue weighted by Crippen LogP contribution is -2.18. The van der Waals surface area contributed by atoms with E-state index < -0.39 is 0 Å². The molecule has 1 aliphatic rings. The highest BCUT2D eigenvalue weighted by molar-refractivity contribution is 7.26. The van der Waals surface area contributed by atoms with Crippen molar-refractivity contribution in [2.45, 2.75) is 12.5 Å². The Balaban J connectivity index is 1.43. The SMILES string of the molecule is Nc1c(NC2C=CC=CC2)n2c3ccc4sc5cc(-c6ccccc6)ccc5c4c3c3cccc1c32. The first-order valence-corrected chi connectivity index (χ1v) is 13.2. The van der Waals surface area contributed by atoms with Gasteiger partial charge in [-0.2, -0.15) is 0 Å². The molecule has 4 heteroatoms. The van der Waals surface area contributed by atoms with Crippen LogP contribution in [0.15, 0.2) is 103 Å². The molecule has 0 fully saturated rings. The summed E-state index contributed by atoms with van der Waals surface area (Å²) in [5, 5.41) is 10.1. The van der Waals surface area contributed by atoms with E-state index >= 15 is 0 Å². The number of hydrogen-bond acceptors (Lipinski definition) is 3. The number of rotatable bonds is 3. The molecule has 0 spiro atoms. The number of fused-ring (bicyclic) bond motifs is 7. The second-order valence-electron chi connectivity index (χ2n) is 9.61. The van der Waals surface area contributed by atoms with Crippen LogP contribution in [-0.4, -0.2) is 10.4 Å². The van der Waals surface area contributed by atoms with Gasteiger partial charge in [0.15, 0.2) is 0 Å². The average molecular weight is 482 g/mol. The van der Waals surface area contributed by atoms with Crippen molar-refractivity contribution in [2.75, 3.05) is 11.1 Å². The lowest BCUT2D eigenvalue weighted by molar-refractivity contribution is 0.874. The summed E-state index contributed by atoms with van der Waals surface area (Å²) < 4.78 is 4.99. The minimum atomic E-state index is 0.229. The Morgan fingerprint density at radius 1 is 0.778 bits per heavy atom. The van der Waals surface area contributed by atoms with E-state index in [0.717, 1.165) is 23.3 Å². The molecule has 1 atom stereocenters. The van der Waals surface area contributed by atoms with Gasteiger partial charge in [0.05, 0.1) is 16.7 Å². The number of thiophene rings is 1. The smallest absolute Gasteiger partial charge is 0.135 e. The quantitative estimate of drug-likeness (QED) is 0.265. The maximum Gasteiger partial charge on any atom is 0.135 e. The first-order chi connectivity index (χ1) is 17.8. The van der Waals surface area contributed by atoms with E-state index in [-0.39, 0.29) is 6.04 Å². The molecule has 0 saturated carbocycles. The van der Waals surface area contributed by atoms with E-state index in [0.29, 0.717) is 0 Å². The summed E-state index contributed by atoms with van der Waals surface area (Å²) in [4.78, 5) is 0. The summed E-state index contributed by atoms with van der Waals surface area (Å²) in [5.74, 6) is 0.992. The molecule has 3 aromatic heterocycles. The molecule has 4 aromatic carbocycles. The molecule has 0 radical (unpaired) electrons. The predicted molar refractivity (Wildman–Crippen MR) is 157 cm³/mol. The van der Waals surface area contributed by atoms with Gasteiger partial charge in [0.25, 0.3) is 0 Å². The van der Waals surface area contributed by atoms with E-state index in [1.165, 1.54) is 53.1 Å². The molecule has 8 rings (SSSR count). The molecule has 3 heterocycles. The molecule has 3 N–H and O–H groups in total. The molecule has 0 bridgehead atoms. The Hall–Kier alpha value is -4.28. The number of para-hydroxylation sites is 1. The average Bonchev–Trinajstić information content (AvgIpc) is 3.56. The molecular formula is C32H23N3S. The largest absolute Gasteiger partial charge is 0.395 e. The number of nitrogens with zero attached hydrogens (tertiary/aromatic N) is 1. The van der Waals surface area contributed by atoms with Crippen molar-refractivity contribution in [3.63, 3.8) is 0 Å². The first-order valence-electron chi connectivity index (χ1n) is 12.4. The number of nitrogens with one attached hydrogen (secondary N) is 1. The molecule has 36 heavy (non-hydrogen) atoms. The molecule has 7 aromatic rings.